The molecular weight excluding hydrogens is 264 g/mol. The average molecular weight is 280 g/mol. The fourth-order valence-electron chi connectivity index (χ4n) is 2.37. The van der Waals surface area contributed by atoms with Crippen molar-refractivity contribution in [2.45, 2.75) is 20.8 Å². The van der Waals surface area contributed by atoms with Crippen LogP contribution in [0, 0.1) is 20.8 Å². The van der Waals surface area contributed by atoms with E-state index in [0.29, 0.717) is 11.3 Å². The topological polar surface area (TPSA) is 59.3 Å². The van der Waals surface area contributed by atoms with Gasteiger partial charge in [0.15, 0.2) is 5.65 Å². The maximum absolute atomic E-state index is 12.5. The first-order chi connectivity index (χ1) is 10.1. The van der Waals surface area contributed by atoms with Gasteiger partial charge in [-0.3, -0.25) is 4.79 Å². The van der Waals surface area contributed by atoms with Gasteiger partial charge in [0.25, 0.3) is 5.91 Å². The third-order valence-corrected chi connectivity index (χ3v) is 3.43. The van der Waals surface area contributed by atoms with Crippen LogP contribution in [0.3, 0.4) is 0 Å². The van der Waals surface area contributed by atoms with Gasteiger partial charge in [0.1, 0.15) is 5.69 Å². The Hall–Kier alpha value is -2.69. The Morgan fingerprint density at radius 2 is 1.86 bits per heavy atom. The third kappa shape index (κ3) is 2.38. The van der Waals surface area contributed by atoms with Gasteiger partial charge >= 0.3 is 0 Å². The van der Waals surface area contributed by atoms with Crippen molar-refractivity contribution in [3.63, 3.8) is 0 Å². The Labute approximate surface area is 122 Å². The summed E-state index contributed by atoms with van der Waals surface area (Å²) in [5.41, 5.74) is 4.87. The molecule has 0 atom stereocenters. The SMILES string of the molecule is Cc1cc2nccc(C(=O)Nc3c(C)cccc3C)n2n1. The van der Waals surface area contributed by atoms with E-state index in [-0.39, 0.29) is 5.91 Å². The first-order valence-corrected chi connectivity index (χ1v) is 6.75. The monoisotopic (exact) mass is 280 g/mol. The molecule has 21 heavy (non-hydrogen) atoms. The largest absolute Gasteiger partial charge is 0.320 e. The van der Waals surface area contributed by atoms with Crippen LogP contribution in [0.15, 0.2) is 36.5 Å². The molecule has 5 nitrogen and oxygen atoms in total. The normalized spacial score (nSPS) is 10.8. The minimum Gasteiger partial charge on any atom is -0.320 e. The standard InChI is InChI=1S/C16H16N4O/c1-10-5-4-6-11(2)15(10)18-16(21)13-7-8-17-14-9-12(3)19-20(13)14/h4-9H,1-3H3,(H,18,21). The second-order valence-electron chi connectivity index (χ2n) is 5.11. The number of rotatable bonds is 2. The Bertz CT molecular complexity index is 815. The summed E-state index contributed by atoms with van der Waals surface area (Å²) in [4.78, 5) is 16.7. The molecule has 0 unspecified atom stereocenters. The van der Waals surface area contributed by atoms with E-state index in [1.807, 2.05) is 45.0 Å². The number of fused-ring (bicyclic) bond motifs is 1. The molecule has 2 heterocycles. The quantitative estimate of drug-likeness (QED) is 0.785. The van der Waals surface area contributed by atoms with Crippen molar-refractivity contribution >= 4 is 17.2 Å². The van der Waals surface area contributed by atoms with Gasteiger partial charge in [0, 0.05) is 18.0 Å². The van der Waals surface area contributed by atoms with Crippen LogP contribution in [0.2, 0.25) is 0 Å². The maximum Gasteiger partial charge on any atom is 0.274 e. The molecule has 0 spiro atoms. The zero-order valence-corrected chi connectivity index (χ0v) is 12.2. The minimum absolute atomic E-state index is 0.192. The molecule has 0 aliphatic carbocycles. The number of nitrogens with one attached hydrogen (secondary N) is 1. The van der Waals surface area contributed by atoms with Crippen molar-refractivity contribution in [3.8, 4) is 0 Å². The van der Waals surface area contributed by atoms with Gasteiger partial charge in [0.2, 0.25) is 0 Å². The van der Waals surface area contributed by atoms with Crippen molar-refractivity contribution in [1.29, 1.82) is 0 Å². The zero-order chi connectivity index (χ0) is 15.0. The van der Waals surface area contributed by atoms with Gasteiger partial charge < -0.3 is 5.32 Å². The van der Waals surface area contributed by atoms with Gasteiger partial charge in [-0.1, -0.05) is 18.2 Å². The predicted octanol–water partition coefficient (Wildman–Crippen LogP) is 2.91. The zero-order valence-electron chi connectivity index (χ0n) is 12.2. The lowest BCUT2D eigenvalue weighted by Crippen LogP contribution is -2.18. The van der Waals surface area contributed by atoms with Crippen LogP contribution in [-0.2, 0) is 0 Å². The molecule has 0 aliphatic rings. The van der Waals surface area contributed by atoms with Gasteiger partial charge in [-0.05, 0) is 38.0 Å². The molecule has 5 heteroatoms. The minimum atomic E-state index is -0.192. The average Bonchev–Trinajstić information content (AvgIpc) is 2.82. The Kier molecular flexibility index (Phi) is 3.17. The highest BCUT2D eigenvalue weighted by molar-refractivity contribution is 6.04. The molecule has 0 saturated heterocycles. The molecule has 2 aromatic heterocycles. The molecular formula is C16H16N4O. The van der Waals surface area contributed by atoms with E-state index < -0.39 is 0 Å². The fourth-order valence-corrected chi connectivity index (χ4v) is 2.37. The van der Waals surface area contributed by atoms with Gasteiger partial charge in [-0.25, -0.2) is 9.50 Å². The highest BCUT2D eigenvalue weighted by atomic mass is 16.2. The Morgan fingerprint density at radius 1 is 1.14 bits per heavy atom. The third-order valence-electron chi connectivity index (χ3n) is 3.43. The summed E-state index contributed by atoms with van der Waals surface area (Å²) in [6, 6.07) is 9.44. The maximum atomic E-state index is 12.5. The van der Waals surface area contributed by atoms with Crippen LogP contribution in [-0.4, -0.2) is 20.5 Å². The van der Waals surface area contributed by atoms with E-state index in [9.17, 15) is 4.79 Å². The van der Waals surface area contributed by atoms with E-state index >= 15 is 0 Å². The molecule has 1 N–H and O–H groups in total. The second-order valence-corrected chi connectivity index (χ2v) is 5.11. The van der Waals surface area contributed by atoms with Crippen LogP contribution < -0.4 is 5.32 Å². The summed E-state index contributed by atoms with van der Waals surface area (Å²) < 4.78 is 1.57. The van der Waals surface area contributed by atoms with Gasteiger partial charge in [0.05, 0.1) is 5.69 Å². The van der Waals surface area contributed by atoms with Crippen LogP contribution in [0.1, 0.15) is 27.3 Å². The highest BCUT2D eigenvalue weighted by Crippen LogP contribution is 2.20. The summed E-state index contributed by atoms with van der Waals surface area (Å²) in [6.45, 7) is 5.83. The number of hydrogen-bond donors (Lipinski definition) is 1. The van der Waals surface area contributed by atoms with Gasteiger partial charge in [-0.2, -0.15) is 5.10 Å². The van der Waals surface area contributed by atoms with Crippen LogP contribution in [0.4, 0.5) is 5.69 Å². The number of amides is 1. The molecule has 0 aliphatic heterocycles. The number of nitrogens with zero attached hydrogens (tertiary/aromatic N) is 3. The second kappa shape index (κ2) is 5.01. The Morgan fingerprint density at radius 3 is 2.57 bits per heavy atom. The molecule has 0 radical (unpaired) electrons. The molecule has 0 saturated carbocycles. The number of benzene rings is 1. The molecule has 0 fully saturated rings. The van der Waals surface area contributed by atoms with Crippen molar-refractivity contribution in [1.82, 2.24) is 14.6 Å². The molecule has 3 rings (SSSR count). The lowest BCUT2D eigenvalue weighted by Gasteiger charge is -2.11. The highest BCUT2D eigenvalue weighted by Gasteiger charge is 2.14. The van der Waals surface area contributed by atoms with E-state index in [1.54, 1.807) is 16.8 Å². The lowest BCUT2D eigenvalue weighted by molar-refractivity contribution is 0.101. The van der Waals surface area contributed by atoms with Crippen molar-refractivity contribution in [3.05, 3.63) is 59.0 Å². The first-order valence-electron chi connectivity index (χ1n) is 6.75. The summed E-state index contributed by atoms with van der Waals surface area (Å²) >= 11 is 0. The van der Waals surface area contributed by atoms with E-state index in [1.165, 1.54) is 0 Å². The fraction of sp³-hybridized carbons (Fsp3) is 0.188. The Balaban J connectivity index is 2.01. The summed E-state index contributed by atoms with van der Waals surface area (Å²) in [6.07, 6.45) is 1.62. The van der Waals surface area contributed by atoms with Crippen molar-refractivity contribution in [2.75, 3.05) is 5.32 Å². The first kappa shape index (κ1) is 13.3. The van der Waals surface area contributed by atoms with E-state index in [0.717, 1.165) is 22.5 Å². The number of hydrogen-bond acceptors (Lipinski definition) is 3. The van der Waals surface area contributed by atoms with Gasteiger partial charge in [-0.15, -0.1) is 0 Å². The lowest BCUT2D eigenvalue weighted by atomic mass is 10.1. The van der Waals surface area contributed by atoms with Crippen molar-refractivity contribution < 1.29 is 4.79 Å². The van der Waals surface area contributed by atoms with E-state index in [2.05, 4.69) is 15.4 Å². The number of aryl methyl sites for hydroxylation is 3. The molecule has 3 aromatic rings. The smallest absolute Gasteiger partial charge is 0.274 e. The number of para-hydroxylation sites is 1. The molecule has 0 bridgehead atoms. The number of aromatic nitrogens is 3. The number of anilines is 1. The molecule has 1 amide bonds. The van der Waals surface area contributed by atoms with Crippen molar-refractivity contribution in [2.24, 2.45) is 0 Å². The number of carbonyl (C=O) groups is 1. The van der Waals surface area contributed by atoms with Crippen LogP contribution >= 0.6 is 0 Å². The van der Waals surface area contributed by atoms with Crippen LogP contribution in [0.5, 0.6) is 0 Å². The van der Waals surface area contributed by atoms with E-state index in [4.69, 9.17) is 0 Å². The summed E-state index contributed by atoms with van der Waals surface area (Å²) in [5, 5.41) is 7.28. The summed E-state index contributed by atoms with van der Waals surface area (Å²) in [5.74, 6) is -0.192. The predicted molar refractivity (Wildman–Crippen MR) is 81.6 cm³/mol. The number of carbonyl (C=O) groups excluding carboxylic acids is 1. The van der Waals surface area contributed by atoms with Crippen LogP contribution in [0.25, 0.3) is 5.65 Å². The summed E-state index contributed by atoms with van der Waals surface area (Å²) in [7, 11) is 0. The molecule has 1 aromatic carbocycles. The molecule has 106 valence electrons.